The summed E-state index contributed by atoms with van der Waals surface area (Å²) in [6.07, 6.45) is 0. The lowest BCUT2D eigenvalue weighted by Gasteiger charge is -2.13. The van der Waals surface area contributed by atoms with E-state index >= 15 is 0 Å². The summed E-state index contributed by atoms with van der Waals surface area (Å²) in [7, 11) is -3.74. The van der Waals surface area contributed by atoms with E-state index in [4.69, 9.17) is 11.6 Å². The van der Waals surface area contributed by atoms with Crippen molar-refractivity contribution in [2.45, 2.75) is 11.8 Å². The van der Waals surface area contributed by atoms with Crippen LogP contribution in [-0.4, -0.2) is 13.5 Å². The Morgan fingerprint density at radius 1 is 1.00 bits per heavy atom. The number of phenols is 1. The van der Waals surface area contributed by atoms with E-state index in [2.05, 4.69) is 4.72 Å². The van der Waals surface area contributed by atoms with Gasteiger partial charge in [-0.3, -0.25) is 4.72 Å². The number of aromatic hydroxyl groups is 1. The summed E-state index contributed by atoms with van der Waals surface area (Å²) in [6.45, 7) is 1.89. The highest BCUT2D eigenvalue weighted by atomic mass is 35.5. The fourth-order valence-electron chi connectivity index (χ4n) is 2.33. The van der Waals surface area contributed by atoms with Crippen LogP contribution in [-0.2, 0) is 10.0 Å². The molecule has 0 saturated heterocycles. The Labute approximate surface area is 139 Å². The first kappa shape index (κ1) is 15.6. The van der Waals surface area contributed by atoms with Crippen LogP contribution in [0.15, 0.2) is 59.5 Å². The first-order valence-corrected chi connectivity index (χ1v) is 8.74. The van der Waals surface area contributed by atoms with E-state index in [0.29, 0.717) is 16.5 Å². The maximum atomic E-state index is 12.5. The van der Waals surface area contributed by atoms with Crippen LogP contribution in [0.1, 0.15) is 5.56 Å². The second kappa shape index (κ2) is 5.76. The van der Waals surface area contributed by atoms with Gasteiger partial charge < -0.3 is 5.11 Å². The summed E-state index contributed by atoms with van der Waals surface area (Å²) in [6, 6.07) is 14.9. The molecule has 0 aliphatic carbocycles. The zero-order chi connectivity index (χ0) is 16.6. The summed E-state index contributed by atoms with van der Waals surface area (Å²) >= 11 is 6.00. The fraction of sp³-hybridized carbons (Fsp3) is 0.0588. The Morgan fingerprint density at radius 2 is 1.61 bits per heavy atom. The molecule has 2 N–H and O–H groups in total. The molecule has 0 unspecified atom stereocenters. The number of anilines is 1. The predicted molar refractivity (Wildman–Crippen MR) is 92.6 cm³/mol. The van der Waals surface area contributed by atoms with Gasteiger partial charge in [0, 0.05) is 10.8 Å². The van der Waals surface area contributed by atoms with E-state index in [0.717, 1.165) is 5.56 Å². The van der Waals surface area contributed by atoms with Gasteiger partial charge in [0.25, 0.3) is 10.0 Å². The maximum absolute atomic E-state index is 12.5. The van der Waals surface area contributed by atoms with Crippen LogP contribution >= 0.6 is 11.6 Å². The zero-order valence-corrected chi connectivity index (χ0v) is 13.8. The van der Waals surface area contributed by atoms with Gasteiger partial charge in [0.1, 0.15) is 5.75 Å². The van der Waals surface area contributed by atoms with E-state index < -0.39 is 10.0 Å². The van der Waals surface area contributed by atoms with Gasteiger partial charge in [-0.1, -0.05) is 53.6 Å². The highest BCUT2D eigenvalue weighted by Gasteiger charge is 2.17. The van der Waals surface area contributed by atoms with Crippen LogP contribution < -0.4 is 4.72 Å². The van der Waals surface area contributed by atoms with Crippen molar-refractivity contribution in [3.8, 4) is 5.75 Å². The Hall–Kier alpha value is -2.24. The van der Waals surface area contributed by atoms with Crippen LogP contribution in [0.4, 0.5) is 5.69 Å². The number of fused-ring (bicyclic) bond motifs is 1. The van der Waals surface area contributed by atoms with Crippen LogP contribution in [0.5, 0.6) is 5.75 Å². The van der Waals surface area contributed by atoms with Gasteiger partial charge >= 0.3 is 0 Å². The molecule has 0 aromatic heterocycles. The first-order chi connectivity index (χ1) is 10.9. The normalized spacial score (nSPS) is 11.6. The SMILES string of the molecule is Cc1ccc(S(=O)(=O)Nc2cc(Cl)c(O)c3ccccc23)cc1. The van der Waals surface area contributed by atoms with E-state index in [-0.39, 0.29) is 15.7 Å². The lowest BCUT2D eigenvalue weighted by Crippen LogP contribution is -2.13. The number of rotatable bonds is 3. The molecular weight excluding hydrogens is 334 g/mol. The van der Waals surface area contributed by atoms with Crippen LogP contribution in [0.2, 0.25) is 5.02 Å². The summed E-state index contributed by atoms with van der Waals surface area (Å²) < 4.78 is 27.6. The maximum Gasteiger partial charge on any atom is 0.261 e. The minimum atomic E-state index is -3.74. The molecule has 23 heavy (non-hydrogen) atoms. The van der Waals surface area contributed by atoms with Crippen molar-refractivity contribution in [3.05, 3.63) is 65.2 Å². The number of hydrogen-bond acceptors (Lipinski definition) is 3. The predicted octanol–water partition coefficient (Wildman–Crippen LogP) is 4.31. The third-order valence-corrected chi connectivity index (χ3v) is 5.21. The third kappa shape index (κ3) is 2.98. The van der Waals surface area contributed by atoms with E-state index in [1.165, 1.54) is 6.07 Å². The smallest absolute Gasteiger partial charge is 0.261 e. The average molecular weight is 348 g/mol. The van der Waals surface area contributed by atoms with Crippen molar-refractivity contribution in [2.75, 3.05) is 4.72 Å². The highest BCUT2D eigenvalue weighted by Crippen LogP contribution is 2.38. The molecular formula is C17H14ClNO3S. The quantitative estimate of drug-likeness (QED) is 0.694. The monoisotopic (exact) mass is 347 g/mol. The number of benzene rings is 3. The van der Waals surface area contributed by atoms with Crippen LogP contribution in [0.25, 0.3) is 10.8 Å². The molecule has 0 aliphatic heterocycles. The molecule has 0 bridgehead atoms. The molecule has 0 amide bonds. The van der Waals surface area contributed by atoms with Gasteiger partial charge in [0.2, 0.25) is 0 Å². The Balaban J connectivity index is 2.11. The van der Waals surface area contributed by atoms with Gasteiger partial charge in [-0.05, 0) is 25.1 Å². The molecule has 0 aliphatic rings. The molecule has 0 heterocycles. The molecule has 3 aromatic rings. The second-order valence-electron chi connectivity index (χ2n) is 5.22. The molecule has 6 heteroatoms. The number of phenolic OH excluding ortho intramolecular Hbond substituents is 1. The minimum absolute atomic E-state index is 0.0689. The molecule has 4 nitrogen and oxygen atoms in total. The van der Waals surface area contributed by atoms with Gasteiger partial charge in [0.05, 0.1) is 15.6 Å². The van der Waals surface area contributed by atoms with E-state index in [1.807, 2.05) is 6.92 Å². The van der Waals surface area contributed by atoms with Gasteiger partial charge in [-0.2, -0.15) is 0 Å². The van der Waals surface area contributed by atoms with Gasteiger partial charge in [-0.15, -0.1) is 0 Å². The van der Waals surface area contributed by atoms with E-state index in [1.54, 1.807) is 48.5 Å². The highest BCUT2D eigenvalue weighted by molar-refractivity contribution is 7.92. The van der Waals surface area contributed by atoms with Crippen molar-refractivity contribution in [3.63, 3.8) is 0 Å². The lowest BCUT2D eigenvalue weighted by molar-refractivity contribution is 0.482. The average Bonchev–Trinajstić information content (AvgIpc) is 2.52. The summed E-state index contributed by atoms with van der Waals surface area (Å²) in [5, 5.41) is 11.2. The van der Waals surface area contributed by atoms with Crippen molar-refractivity contribution in [1.82, 2.24) is 0 Å². The Bertz CT molecular complexity index is 983. The number of hydrogen-bond donors (Lipinski definition) is 2. The van der Waals surface area contributed by atoms with Gasteiger partial charge in [-0.25, -0.2) is 8.42 Å². The summed E-state index contributed by atoms with van der Waals surface area (Å²) in [4.78, 5) is 0.163. The summed E-state index contributed by atoms with van der Waals surface area (Å²) in [5.74, 6) is -0.0689. The van der Waals surface area contributed by atoms with Crippen molar-refractivity contribution in [2.24, 2.45) is 0 Å². The standard InChI is InChI=1S/C17H14ClNO3S/c1-11-6-8-12(9-7-11)23(21,22)19-16-10-15(18)17(20)14-5-3-2-4-13(14)16/h2-10,19-20H,1H3. The largest absolute Gasteiger partial charge is 0.506 e. The van der Waals surface area contributed by atoms with Crippen LogP contribution in [0.3, 0.4) is 0 Å². The Kier molecular flexibility index (Phi) is 3.92. The number of halogens is 1. The number of sulfonamides is 1. The second-order valence-corrected chi connectivity index (χ2v) is 7.31. The van der Waals surface area contributed by atoms with Crippen molar-refractivity contribution in [1.29, 1.82) is 0 Å². The molecule has 0 saturated carbocycles. The molecule has 3 aromatic carbocycles. The third-order valence-electron chi connectivity index (χ3n) is 3.55. The first-order valence-electron chi connectivity index (χ1n) is 6.88. The zero-order valence-electron chi connectivity index (χ0n) is 12.2. The topological polar surface area (TPSA) is 66.4 Å². The van der Waals surface area contributed by atoms with Crippen molar-refractivity contribution < 1.29 is 13.5 Å². The molecule has 0 atom stereocenters. The fourth-order valence-corrected chi connectivity index (χ4v) is 3.61. The molecule has 118 valence electrons. The van der Waals surface area contributed by atoms with E-state index in [9.17, 15) is 13.5 Å². The van der Waals surface area contributed by atoms with Crippen LogP contribution in [0, 0.1) is 6.92 Å². The number of aryl methyl sites for hydroxylation is 1. The summed E-state index contributed by atoms with van der Waals surface area (Å²) in [5.41, 5.74) is 1.30. The lowest BCUT2D eigenvalue weighted by atomic mass is 10.1. The molecule has 0 radical (unpaired) electrons. The van der Waals surface area contributed by atoms with Gasteiger partial charge in [0.15, 0.2) is 0 Å². The van der Waals surface area contributed by atoms with Crippen molar-refractivity contribution >= 4 is 38.1 Å². The molecule has 0 spiro atoms. The number of nitrogens with one attached hydrogen (secondary N) is 1. The Morgan fingerprint density at radius 3 is 2.26 bits per heavy atom. The minimum Gasteiger partial charge on any atom is -0.506 e. The molecule has 0 fully saturated rings. The molecule has 3 rings (SSSR count).